The zero-order chi connectivity index (χ0) is 17.6. The minimum atomic E-state index is -0.334. The fourth-order valence-electron chi connectivity index (χ4n) is 2.71. The Kier molecular flexibility index (Phi) is 5.20. The lowest BCUT2D eigenvalue weighted by molar-refractivity contribution is 0.245. The van der Waals surface area contributed by atoms with E-state index in [2.05, 4.69) is 21.3 Å². The number of ether oxygens (including phenoxy) is 1. The van der Waals surface area contributed by atoms with E-state index in [4.69, 9.17) is 9.84 Å². The molecular formula is C19H21N3O3. The molecule has 6 nitrogen and oxygen atoms in total. The third-order valence-electron chi connectivity index (χ3n) is 3.92. The first-order valence-electron chi connectivity index (χ1n) is 8.07. The maximum absolute atomic E-state index is 11.7. The van der Waals surface area contributed by atoms with Gasteiger partial charge in [-0.2, -0.15) is 0 Å². The second-order valence-electron chi connectivity index (χ2n) is 5.67. The summed E-state index contributed by atoms with van der Waals surface area (Å²) < 4.78 is 7.40. The number of methoxy groups -OCH3 is 1. The molecule has 130 valence electrons. The first-order chi connectivity index (χ1) is 12.2. The predicted molar refractivity (Wildman–Crippen MR) is 98.1 cm³/mol. The molecule has 6 heteroatoms. The van der Waals surface area contributed by atoms with Crippen molar-refractivity contribution in [1.29, 1.82) is 0 Å². The van der Waals surface area contributed by atoms with E-state index in [1.54, 1.807) is 7.11 Å². The minimum Gasteiger partial charge on any atom is -0.497 e. The second kappa shape index (κ2) is 7.72. The van der Waals surface area contributed by atoms with Crippen LogP contribution >= 0.6 is 0 Å². The third kappa shape index (κ3) is 4.10. The van der Waals surface area contributed by atoms with Gasteiger partial charge in [0.05, 0.1) is 19.2 Å². The van der Waals surface area contributed by atoms with Crippen molar-refractivity contribution in [1.82, 2.24) is 9.88 Å². The molecule has 2 aromatic carbocycles. The van der Waals surface area contributed by atoms with E-state index >= 15 is 0 Å². The topological polar surface area (TPSA) is 75.5 Å². The lowest BCUT2D eigenvalue weighted by atomic mass is 10.2. The molecule has 3 N–H and O–H groups in total. The largest absolute Gasteiger partial charge is 0.497 e. The molecule has 0 saturated heterocycles. The fourth-order valence-corrected chi connectivity index (χ4v) is 2.71. The van der Waals surface area contributed by atoms with Crippen LogP contribution in [0.4, 0.5) is 10.5 Å². The van der Waals surface area contributed by atoms with E-state index in [0.29, 0.717) is 12.2 Å². The van der Waals surface area contributed by atoms with Crippen LogP contribution in [0.1, 0.15) is 5.56 Å². The molecule has 3 aromatic rings. The number of urea groups is 1. The molecule has 3 rings (SSSR count). The van der Waals surface area contributed by atoms with Gasteiger partial charge in [0.15, 0.2) is 0 Å². The van der Waals surface area contributed by atoms with Crippen LogP contribution in [-0.2, 0) is 6.54 Å². The van der Waals surface area contributed by atoms with Crippen molar-refractivity contribution >= 4 is 22.6 Å². The summed E-state index contributed by atoms with van der Waals surface area (Å²) in [5, 5.41) is 15.2. The van der Waals surface area contributed by atoms with Gasteiger partial charge in [0.25, 0.3) is 0 Å². The van der Waals surface area contributed by atoms with Crippen LogP contribution in [0, 0.1) is 0 Å². The monoisotopic (exact) mass is 339 g/mol. The zero-order valence-electron chi connectivity index (χ0n) is 14.0. The normalized spacial score (nSPS) is 10.6. The van der Waals surface area contributed by atoms with Gasteiger partial charge in [-0.1, -0.05) is 18.2 Å². The number of benzene rings is 2. The van der Waals surface area contributed by atoms with Gasteiger partial charge in [0, 0.05) is 25.0 Å². The van der Waals surface area contributed by atoms with Crippen molar-refractivity contribution < 1.29 is 14.6 Å². The predicted octanol–water partition coefficient (Wildman–Crippen LogP) is 2.81. The molecule has 1 aromatic heterocycles. The molecule has 0 aliphatic rings. The minimum absolute atomic E-state index is 0.0875. The molecule has 0 bridgehead atoms. The van der Waals surface area contributed by atoms with Crippen molar-refractivity contribution in [3.63, 3.8) is 0 Å². The first-order valence-corrected chi connectivity index (χ1v) is 8.07. The van der Waals surface area contributed by atoms with Gasteiger partial charge in [-0.3, -0.25) is 0 Å². The Morgan fingerprint density at radius 1 is 1.20 bits per heavy atom. The number of carbonyl (C=O) groups excluding carboxylic acids is 1. The smallest absolute Gasteiger partial charge is 0.319 e. The lowest BCUT2D eigenvalue weighted by Gasteiger charge is -2.10. The third-order valence-corrected chi connectivity index (χ3v) is 3.92. The van der Waals surface area contributed by atoms with Crippen LogP contribution < -0.4 is 15.4 Å². The zero-order valence-corrected chi connectivity index (χ0v) is 14.0. The van der Waals surface area contributed by atoms with Gasteiger partial charge in [-0.15, -0.1) is 0 Å². The van der Waals surface area contributed by atoms with Crippen LogP contribution in [-0.4, -0.2) is 36.0 Å². The summed E-state index contributed by atoms with van der Waals surface area (Å²) in [6.45, 7) is 0.844. The van der Waals surface area contributed by atoms with E-state index < -0.39 is 0 Å². The summed E-state index contributed by atoms with van der Waals surface area (Å²) >= 11 is 0. The Balaban J connectivity index is 1.81. The maximum Gasteiger partial charge on any atom is 0.319 e. The quantitative estimate of drug-likeness (QED) is 0.646. The van der Waals surface area contributed by atoms with Crippen LogP contribution in [0.5, 0.6) is 5.75 Å². The molecule has 0 aliphatic carbocycles. The molecule has 25 heavy (non-hydrogen) atoms. The number of anilines is 1. The Morgan fingerprint density at radius 3 is 2.88 bits per heavy atom. The van der Waals surface area contributed by atoms with Crippen molar-refractivity contribution in [2.45, 2.75) is 6.54 Å². The summed E-state index contributed by atoms with van der Waals surface area (Å²) in [4.78, 5) is 11.7. The molecule has 0 aliphatic heterocycles. The van der Waals surface area contributed by atoms with Crippen molar-refractivity contribution in [3.8, 4) is 5.75 Å². The Hall–Kier alpha value is -2.99. The summed E-state index contributed by atoms with van der Waals surface area (Å²) in [7, 11) is 1.66. The summed E-state index contributed by atoms with van der Waals surface area (Å²) in [6.07, 6.45) is 2.03. The maximum atomic E-state index is 11.7. The van der Waals surface area contributed by atoms with Crippen molar-refractivity contribution in [3.05, 3.63) is 60.3 Å². The fraction of sp³-hybridized carbons (Fsp3) is 0.211. The number of rotatable bonds is 6. The molecule has 0 saturated carbocycles. The number of nitrogens with zero attached hydrogens (tertiary/aromatic N) is 1. The molecule has 2 amide bonds. The number of amides is 2. The highest BCUT2D eigenvalue weighted by molar-refractivity contribution is 5.92. The Bertz CT molecular complexity index is 873. The number of carbonyl (C=O) groups is 1. The van der Waals surface area contributed by atoms with Gasteiger partial charge in [-0.25, -0.2) is 4.79 Å². The van der Waals surface area contributed by atoms with Gasteiger partial charge in [0.1, 0.15) is 5.75 Å². The highest BCUT2D eigenvalue weighted by Gasteiger charge is 2.06. The SMILES string of the molecule is COc1cccc(Cn2ccc3ccc(NC(=O)NCCO)cc32)c1. The lowest BCUT2D eigenvalue weighted by Crippen LogP contribution is -2.30. The summed E-state index contributed by atoms with van der Waals surface area (Å²) in [5.41, 5.74) is 2.87. The van der Waals surface area contributed by atoms with Gasteiger partial charge in [0.2, 0.25) is 0 Å². The highest BCUT2D eigenvalue weighted by Crippen LogP contribution is 2.22. The molecule has 0 atom stereocenters. The average molecular weight is 339 g/mol. The number of aliphatic hydroxyl groups excluding tert-OH is 1. The van der Waals surface area contributed by atoms with Crippen LogP contribution in [0.25, 0.3) is 10.9 Å². The van der Waals surface area contributed by atoms with Crippen molar-refractivity contribution in [2.24, 2.45) is 0 Å². The number of aromatic nitrogens is 1. The second-order valence-corrected chi connectivity index (χ2v) is 5.67. The van der Waals surface area contributed by atoms with Gasteiger partial charge in [-0.05, 0) is 41.3 Å². The van der Waals surface area contributed by atoms with E-state index in [1.165, 1.54) is 0 Å². The number of hydrogen-bond donors (Lipinski definition) is 3. The Labute approximate surface area is 146 Å². The van der Waals surface area contributed by atoms with E-state index in [1.807, 2.05) is 48.7 Å². The van der Waals surface area contributed by atoms with Crippen LogP contribution in [0.2, 0.25) is 0 Å². The Morgan fingerprint density at radius 2 is 2.08 bits per heavy atom. The van der Waals surface area contributed by atoms with Gasteiger partial charge >= 0.3 is 6.03 Å². The molecule has 0 spiro atoms. The number of fused-ring (bicyclic) bond motifs is 1. The van der Waals surface area contributed by atoms with Crippen molar-refractivity contribution in [2.75, 3.05) is 25.6 Å². The van der Waals surface area contributed by atoms with Gasteiger partial charge < -0.3 is 25.0 Å². The summed E-state index contributed by atoms with van der Waals surface area (Å²) in [6, 6.07) is 15.4. The van der Waals surface area contributed by atoms with Crippen LogP contribution in [0.15, 0.2) is 54.7 Å². The van der Waals surface area contributed by atoms with E-state index in [0.717, 1.165) is 22.2 Å². The number of nitrogens with one attached hydrogen (secondary N) is 2. The number of hydrogen-bond acceptors (Lipinski definition) is 3. The van der Waals surface area contributed by atoms with E-state index in [-0.39, 0.29) is 19.2 Å². The van der Waals surface area contributed by atoms with Crippen LogP contribution in [0.3, 0.4) is 0 Å². The molecular weight excluding hydrogens is 318 g/mol. The van der Waals surface area contributed by atoms with E-state index in [9.17, 15) is 4.79 Å². The molecule has 0 unspecified atom stereocenters. The average Bonchev–Trinajstić information content (AvgIpc) is 3.02. The first kappa shape index (κ1) is 16.9. The molecule has 0 radical (unpaired) electrons. The number of aliphatic hydroxyl groups is 1. The molecule has 0 fully saturated rings. The summed E-state index contributed by atoms with van der Waals surface area (Å²) in [5.74, 6) is 0.830. The molecule has 1 heterocycles. The highest BCUT2D eigenvalue weighted by atomic mass is 16.5. The standard InChI is InChI=1S/C19H21N3O3/c1-25-17-4-2-3-14(11-17)13-22-9-7-15-5-6-16(12-18(15)22)21-19(24)20-8-10-23/h2-7,9,11-12,23H,8,10,13H2,1H3,(H2,20,21,24).